The number of benzene rings is 1. The summed E-state index contributed by atoms with van der Waals surface area (Å²) in [4.78, 5) is 10.3. The lowest BCUT2D eigenvalue weighted by Crippen LogP contribution is -2.23. The summed E-state index contributed by atoms with van der Waals surface area (Å²) in [5.41, 5.74) is 2.45. The molecule has 2 rings (SSSR count). The van der Waals surface area contributed by atoms with E-state index in [0.29, 0.717) is 3.57 Å². The Hall–Kier alpha value is -1.15. The molecule has 0 amide bonds. The van der Waals surface area contributed by atoms with Crippen molar-refractivity contribution in [3.05, 3.63) is 43.5 Å². The summed E-state index contributed by atoms with van der Waals surface area (Å²) >= 11 is 1.99. The Balaban J connectivity index is 1.99. The lowest BCUT2D eigenvalue weighted by atomic mass is 10.1. The van der Waals surface area contributed by atoms with Crippen molar-refractivity contribution >= 4 is 34.0 Å². The minimum absolute atomic E-state index is 0.155. The van der Waals surface area contributed by atoms with E-state index in [9.17, 15) is 10.1 Å². The standard InChI is InChI=1S/C12H14IN3O2/c13-11-7-10(1-2-12(11)16(17)18)15-8-9-3-5-14-6-4-9/h1-3,7,14-15H,4-6,8H2. The fraction of sp³-hybridized carbons (Fsp3) is 0.333. The van der Waals surface area contributed by atoms with Crippen LogP contribution in [0, 0.1) is 13.7 Å². The van der Waals surface area contributed by atoms with Crippen LogP contribution in [0.4, 0.5) is 11.4 Å². The van der Waals surface area contributed by atoms with Crippen molar-refractivity contribution in [1.29, 1.82) is 0 Å². The molecule has 0 spiro atoms. The third kappa shape index (κ3) is 3.42. The first-order valence-electron chi connectivity index (χ1n) is 5.73. The highest BCUT2D eigenvalue weighted by Crippen LogP contribution is 2.24. The molecule has 0 unspecified atom stereocenters. The number of nitro benzene ring substituents is 1. The van der Waals surface area contributed by atoms with Crippen LogP contribution in [-0.4, -0.2) is 24.6 Å². The Kier molecular flexibility index (Phi) is 4.54. The number of nitro groups is 1. The highest BCUT2D eigenvalue weighted by atomic mass is 127. The van der Waals surface area contributed by atoms with Crippen molar-refractivity contribution < 1.29 is 4.92 Å². The van der Waals surface area contributed by atoms with Gasteiger partial charge < -0.3 is 10.6 Å². The fourth-order valence-corrected chi connectivity index (χ4v) is 2.52. The van der Waals surface area contributed by atoms with Gasteiger partial charge in [-0.15, -0.1) is 0 Å². The van der Waals surface area contributed by atoms with Crippen molar-refractivity contribution in [3.63, 3.8) is 0 Å². The number of hydrogen-bond donors (Lipinski definition) is 2. The maximum Gasteiger partial charge on any atom is 0.282 e. The van der Waals surface area contributed by atoms with E-state index < -0.39 is 0 Å². The zero-order chi connectivity index (χ0) is 13.0. The highest BCUT2D eigenvalue weighted by Gasteiger charge is 2.11. The molecule has 1 aliphatic heterocycles. The fourth-order valence-electron chi connectivity index (χ4n) is 1.81. The quantitative estimate of drug-likeness (QED) is 0.375. The van der Waals surface area contributed by atoms with Gasteiger partial charge in [-0.1, -0.05) is 11.6 Å². The van der Waals surface area contributed by atoms with Gasteiger partial charge in [-0.3, -0.25) is 10.1 Å². The van der Waals surface area contributed by atoms with Crippen LogP contribution >= 0.6 is 22.6 Å². The second-order valence-corrected chi connectivity index (χ2v) is 5.26. The second-order valence-electron chi connectivity index (χ2n) is 4.09. The third-order valence-corrected chi connectivity index (χ3v) is 3.69. The molecule has 0 fully saturated rings. The molecule has 1 aromatic carbocycles. The topological polar surface area (TPSA) is 67.2 Å². The number of nitrogens with one attached hydrogen (secondary N) is 2. The molecule has 1 heterocycles. The van der Waals surface area contributed by atoms with E-state index in [1.165, 1.54) is 5.57 Å². The van der Waals surface area contributed by atoms with Crippen LogP contribution in [0.2, 0.25) is 0 Å². The summed E-state index contributed by atoms with van der Waals surface area (Å²) in [5.74, 6) is 0. The van der Waals surface area contributed by atoms with Gasteiger partial charge in [0.1, 0.15) is 0 Å². The molecule has 1 aromatic rings. The maximum atomic E-state index is 10.7. The number of anilines is 1. The summed E-state index contributed by atoms with van der Waals surface area (Å²) in [7, 11) is 0. The maximum absolute atomic E-state index is 10.7. The van der Waals surface area contributed by atoms with Gasteiger partial charge >= 0.3 is 0 Å². The van der Waals surface area contributed by atoms with Gasteiger partial charge in [-0.2, -0.15) is 0 Å². The molecule has 0 aromatic heterocycles. The number of halogens is 1. The van der Waals surface area contributed by atoms with Gasteiger partial charge in [0.05, 0.1) is 8.49 Å². The average Bonchev–Trinajstić information content (AvgIpc) is 2.37. The summed E-state index contributed by atoms with van der Waals surface area (Å²) < 4.78 is 0.655. The monoisotopic (exact) mass is 359 g/mol. The van der Waals surface area contributed by atoms with Gasteiger partial charge in [0.25, 0.3) is 5.69 Å². The third-order valence-electron chi connectivity index (χ3n) is 2.82. The normalized spacial score (nSPS) is 15.1. The highest BCUT2D eigenvalue weighted by molar-refractivity contribution is 14.1. The molecule has 1 aliphatic rings. The van der Waals surface area contributed by atoms with Crippen LogP contribution in [-0.2, 0) is 0 Å². The van der Waals surface area contributed by atoms with Crippen LogP contribution in [0.25, 0.3) is 0 Å². The van der Waals surface area contributed by atoms with Crippen molar-refractivity contribution in [2.24, 2.45) is 0 Å². The van der Waals surface area contributed by atoms with Gasteiger partial charge in [-0.25, -0.2) is 0 Å². The first kappa shape index (κ1) is 13.3. The Morgan fingerprint density at radius 3 is 2.94 bits per heavy atom. The molecule has 0 aliphatic carbocycles. The lowest BCUT2D eigenvalue weighted by molar-refractivity contribution is -0.385. The molecule has 0 saturated carbocycles. The Bertz CT molecular complexity index is 488. The molecular formula is C12H14IN3O2. The molecule has 6 heteroatoms. The van der Waals surface area contributed by atoms with Crippen LogP contribution in [0.3, 0.4) is 0 Å². The van der Waals surface area contributed by atoms with E-state index in [1.54, 1.807) is 18.2 Å². The summed E-state index contributed by atoms with van der Waals surface area (Å²) in [5, 5.41) is 17.3. The zero-order valence-corrected chi connectivity index (χ0v) is 11.9. The van der Waals surface area contributed by atoms with Crippen LogP contribution < -0.4 is 10.6 Å². The Morgan fingerprint density at radius 1 is 1.50 bits per heavy atom. The molecular weight excluding hydrogens is 345 g/mol. The van der Waals surface area contributed by atoms with E-state index in [2.05, 4.69) is 16.7 Å². The molecule has 0 atom stereocenters. The van der Waals surface area contributed by atoms with Crippen molar-refractivity contribution in [3.8, 4) is 0 Å². The second kappa shape index (κ2) is 6.14. The molecule has 0 saturated heterocycles. The minimum Gasteiger partial charge on any atom is -0.381 e. The van der Waals surface area contributed by atoms with Crippen LogP contribution in [0.15, 0.2) is 29.8 Å². The van der Waals surface area contributed by atoms with E-state index in [4.69, 9.17) is 0 Å². The van der Waals surface area contributed by atoms with Crippen LogP contribution in [0.1, 0.15) is 6.42 Å². The zero-order valence-electron chi connectivity index (χ0n) is 9.78. The smallest absolute Gasteiger partial charge is 0.282 e. The molecule has 0 bridgehead atoms. The molecule has 18 heavy (non-hydrogen) atoms. The summed E-state index contributed by atoms with van der Waals surface area (Å²) in [6.07, 6.45) is 3.24. The molecule has 5 nitrogen and oxygen atoms in total. The predicted molar refractivity (Wildman–Crippen MR) is 79.9 cm³/mol. The molecule has 96 valence electrons. The van der Waals surface area contributed by atoms with E-state index in [-0.39, 0.29) is 10.6 Å². The predicted octanol–water partition coefficient (Wildman–Crippen LogP) is 2.53. The number of rotatable bonds is 4. The van der Waals surface area contributed by atoms with E-state index >= 15 is 0 Å². The summed E-state index contributed by atoms with van der Waals surface area (Å²) in [6.45, 7) is 2.75. The van der Waals surface area contributed by atoms with Crippen molar-refractivity contribution in [1.82, 2.24) is 5.32 Å². The first-order chi connectivity index (χ1) is 8.66. The first-order valence-corrected chi connectivity index (χ1v) is 6.81. The molecule has 0 radical (unpaired) electrons. The van der Waals surface area contributed by atoms with E-state index in [1.807, 2.05) is 22.6 Å². The Labute approximate surface area is 119 Å². The number of hydrogen-bond acceptors (Lipinski definition) is 4. The number of nitrogens with zero attached hydrogens (tertiary/aromatic N) is 1. The van der Waals surface area contributed by atoms with Crippen molar-refractivity contribution in [2.75, 3.05) is 25.0 Å². The molecule has 2 N–H and O–H groups in total. The van der Waals surface area contributed by atoms with Gasteiger partial charge in [0.15, 0.2) is 0 Å². The van der Waals surface area contributed by atoms with Crippen molar-refractivity contribution in [2.45, 2.75) is 6.42 Å². The Morgan fingerprint density at radius 2 is 2.33 bits per heavy atom. The van der Waals surface area contributed by atoms with Gasteiger partial charge in [0.2, 0.25) is 0 Å². The largest absolute Gasteiger partial charge is 0.381 e. The van der Waals surface area contributed by atoms with E-state index in [0.717, 1.165) is 31.7 Å². The SMILES string of the molecule is O=[N+]([O-])c1ccc(NCC2=CCNCC2)cc1I. The minimum atomic E-state index is -0.360. The van der Waals surface area contributed by atoms with Crippen LogP contribution in [0.5, 0.6) is 0 Å². The van der Waals surface area contributed by atoms with Gasteiger partial charge in [-0.05, 0) is 47.7 Å². The summed E-state index contributed by atoms with van der Waals surface area (Å²) in [6, 6.07) is 5.10. The average molecular weight is 359 g/mol. The lowest BCUT2D eigenvalue weighted by Gasteiger charge is -2.15. The van der Waals surface area contributed by atoms with Gasteiger partial charge in [0, 0.05) is 24.8 Å².